The molecule has 6 nitrogen and oxygen atoms in total. The molecule has 152 valence electrons. The lowest BCUT2D eigenvalue weighted by atomic mass is 10.2. The molecule has 1 aromatic rings. The molecule has 0 amide bonds. The number of aryl methyl sites for hydroxylation is 1. The third-order valence-electron chi connectivity index (χ3n) is 5.91. The Morgan fingerprint density at radius 1 is 0.852 bits per heavy atom. The Bertz CT molecular complexity index is 691. The van der Waals surface area contributed by atoms with E-state index in [9.17, 15) is 8.42 Å². The molecule has 0 aliphatic carbocycles. The van der Waals surface area contributed by atoms with Gasteiger partial charge in [0.15, 0.2) is 9.84 Å². The van der Waals surface area contributed by atoms with Crippen LogP contribution in [0.25, 0.3) is 0 Å². The Morgan fingerprint density at radius 2 is 1.37 bits per heavy atom. The van der Waals surface area contributed by atoms with Crippen molar-refractivity contribution in [3.05, 3.63) is 29.8 Å². The third kappa shape index (κ3) is 5.74. The maximum Gasteiger partial charge on any atom is 0.179 e. The summed E-state index contributed by atoms with van der Waals surface area (Å²) in [6.45, 7) is 10.9. The standard InChI is InChI=1S/C20H34N4O2S/c1-18-4-6-20(7-5-18)27(25,26)17-19(24-14-10-22(3)11-15-24)16-23-12-8-21(2)9-13-23/h4-7,19H,8-17H2,1-3H3/t19-/m0/s1. The number of nitrogens with zero attached hydrogens (tertiary/aromatic N) is 4. The van der Waals surface area contributed by atoms with Gasteiger partial charge in [-0.3, -0.25) is 9.80 Å². The summed E-state index contributed by atoms with van der Waals surface area (Å²) in [7, 11) is 0.992. The van der Waals surface area contributed by atoms with Gasteiger partial charge in [0.05, 0.1) is 10.6 Å². The van der Waals surface area contributed by atoms with E-state index in [1.807, 2.05) is 19.1 Å². The van der Waals surface area contributed by atoms with Gasteiger partial charge in [0.25, 0.3) is 0 Å². The first-order valence-corrected chi connectivity index (χ1v) is 11.6. The molecule has 1 atom stereocenters. The maximum absolute atomic E-state index is 13.1. The highest BCUT2D eigenvalue weighted by Crippen LogP contribution is 2.17. The number of hydrogen-bond donors (Lipinski definition) is 0. The van der Waals surface area contributed by atoms with E-state index < -0.39 is 9.84 Å². The maximum atomic E-state index is 13.1. The summed E-state index contributed by atoms with van der Waals surface area (Å²) >= 11 is 0. The Morgan fingerprint density at radius 3 is 1.93 bits per heavy atom. The lowest BCUT2D eigenvalue weighted by molar-refractivity contribution is 0.0773. The van der Waals surface area contributed by atoms with Gasteiger partial charge >= 0.3 is 0 Å². The zero-order valence-corrected chi connectivity index (χ0v) is 17.8. The third-order valence-corrected chi connectivity index (χ3v) is 7.73. The van der Waals surface area contributed by atoms with Crippen LogP contribution < -0.4 is 0 Å². The molecule has 0 bridgehead atoms. The molecule has 2 aliphatic heterocycles. The van der Waals surface area contributed by atoms with E-state index in [2.05, 4.69) is 33.7 Å². The topological polar surface area (TPSA) is 47.1 Å². The Hall–Kier alpha value is -0.990. The SMILES string of the molecule is Cc1ccc(S(=O)(=O)C[C@H](CN2CCN(C)CC2)N2CCN(C)CC2)cc1. The summed E-state index contributed by atoms with van der Waals surface area (Å²) in [6, 6.07) is 7.33. The van der Waals surface area contributed by atoms with Gasteiger partial charge in [0.1, 0.15) is 0 Å². The summed E-state index contributed by atoms with van der Waals surface area (Å²) in [5, 5.41) is 0. The normalized spacial score (nSPS) is 22.8. The molecule has 3 rings (SSSR count). The molecule has 0 aromatic heterocycles. The Labute approximate surface area is 164 Å². The highest BCUT2D eigenvalue weighted by molar-refractivity contribution is 7.91. The van der Waals surface area contributed by atoms with Crippen LogP contribution in [0, 0.1) is 6.92 Å². The number of rotatable bonds is 6. The number of hydrogen-bond acceptors (Lipinski definition) is 6. The minimum atomic E-state index is -3.29. The van der Waals surface area contributed by atoms with Crippen molar-refractivity contribution >= 4 is 9.84 Å². The first-order chi connectivity index (χ1) is 12.8. The quantitative estimate of drug-likeness (QED) is 0.705. The van der Waals surface area contributed by atoms with E-state index in [4.69, 9.17) is 0 Å². The van der Waals surface area contributed by atoms with Crippen molar-refractivity contribution in [1.82, 2.24) is 19.6 Å². The summed E-state index contributed by atoms with van der Waals surface area (Å²) in [5.74, 6) is 0.201. The van der Waals surface area contributed by atoms with Crippen LogP contribution in [0.3, 0.4) is 0 Å². The molecule has 0 N–H and O–H groups in total. The Balaban J connectivity index is 1.73. The molecular weight excluding hydrogens is 360 g/mol. The molecule has 0 spiro atoms. The monoisotopic (exact) mass is 394 g/mol. The lowest BCUT2D eigenvalue weighted by Gasteiger charge is -2.41. The molecule has 27 heavy (non-hydrogen) atoms. The smallest absolute Gasteiger partial charge is 0.179 e. The average Bonchev–Trinajstić information content (AvgIpc) is 2.64. The van der Waals surface area contributed by atoms with Gasteiger partial charge in [-0.15, -0.1) is 0 Å². The molecule has 1 aromatic carbocycles. The van der Waals surface area contributed by atoms with Crippen molar-refractivity contribution in [2.75, 3.05) is 78.8 Å². The predicted molar refractivity (Wildman–Crippen MR) is 110 cm³/mol. The minimum absolute atomic E-state index is 0.0495. The Kier molecular flexibility index (Phi) is 6.92. The fourth-order valence-electron chi connectivity index (χ4n) is 3.88. The van der Waals surface area contributed by atoms with E-state index in [-0.39, 0.29) is 11.8 Å². The predicted octanol–water partition coefficient (Wildman–Crippen LogP) is 0.632. The van der Waals surface area contributed by atoms with E-state index in [0.29, 0.717) is 4.90 Å². The molecule has 0 radical (unpaired) electrons. The summed E-state index contributed by atoms with van der Waals surface area (Å²) in [6.07, 6.45) is 0. The molecule has 0 saturated carbocycles. The zero-order valence-electron chi connectivity index (χ0n) is 17.0. The first-order valence-electron chi connectivity index (χ1n) is 9.96. The van der Waals surface area contributed by atoms with Crippen LogP contribution in [0.4, 0.5) is 0 Å². The number of piperazine rings is 2. The van der Waals surface area contributed by atoms with Crippen LogP contribution in [0.2, 0.25) is 0 Å². The van der Waals surface area contributed by atoms with Crippen LogP contribution in [0.1, 0.15) is 5.56 Å². The van der Waals surface area contributed by atoms with E-state index in [1.54, 1.807) is 12.1 Å². The second kappa shape index (κ2) is 9.01. The number of benzene rings is 1. The van der Waals surface area contributed by atoms with Gasteiger partial charge < -0.3 is 9.80 Å². The van der Waals surface area contributed by atoms with Gasteiger partial charge in [-0.1, -0.05) is 17.7 Å². The van der Waals surface area contributed by atoms with Crippen molar-refractivity contribution in [2.24, 2.45) is 0 Å². The fourth-order valence-corrected chi connectivity index (χ4v) is 5.45. The van der Waals surface area contributed by atoms with Gasteiger partial charge in [0, 0.05) is 64.9 Å². The molecule has 7 heteroatoms. The molecule has 2 saturated heterocycles. The zero-order chi connectivity index (χ0) is 19.4. The van der Waals surface area contributed by atoms with Crippen LogP contribution in [0.5, 0.6) is 0 Å². The van der Waals surface area contributed by atoms with Gasteiger partial charge in [-0.25, -0.2) is 8.42 Å². The molecular formula is C20H34N4O2S. The van der Waals surface area contributed by atoms with Crippen LogP contribution >= 0.6 is 0 Å². The molecule has 2 fully saturated rings. The number of sulfone groups is 1. The lowest BCUT2D eigenvalue weighted by Crippen LogP contribution is -2.56. The van der Waals surface area contributed by atoms with Crippen LogP contribution in [-0.4, -0.2) is 113 Å². The van der Waals surface area contributed by atoms with E-state index >= 15 is 0 Å². The second-order valence-corrected chi connectivity index (χ2v) is 10.2. The molecule has 2 aliphatic rings. The summed E-state index contributed by atoms with van der Waals surface area (Å²) in [4.78, 5) is 9.94. The molecule has 0 unspecified atom stereocenters. The van der Waals surface area contributed by atoms with E-state index in [0.717, 1.165) is 64.5 Å². The van der Waals surface area contributed by atoms with Crippen molar-refractivity contribution < 1.29 is 8.42 Å². The largest absolute Gasteiger partial charge is 0.304 e. The van der Waals surface area contributed by atoms with Crippen molar-refractivity contribution in [3.63, 3.8) is 0 Å². The van der Waals surface area contributed by atoms with E-state index in [1.165, 1.54) is 0 Å². The van der Waals surface area contributed by atoms with Gasteiger partial charge in [-0.05, 0) is 33.2 Å². The number of likely N-dealkylation sites (N-methyl/N-ethyl adjacent to an activating group) is 2. The van der Waals surface area contributed by atoms with Crippen molar-refractivity contribution in [3.8, 4) is 0 Å². The highest BCUT2D eigenvalue weighted by atomic mass is 32.2. The minimum Gasteiger partial charge on any atom is -0.304 e. The highest BCUT2D eigenvalue weighted by Gasteiger charge is 2.30. The van der Waals surface area contributed by atoms with Crippen molar-refractivity contribution in [1.29, 1.82) is 0 Å². The summed E-state index contributed by atoms with van der Waals surface area (Å²) < 4.78 is 26.2. The fraction of sp³-hybridized carbons (Fsp3) is 0.700. The van der Waals surface area contributed by atoms with Crippen molar-refractivity contribution in [2.45, 2.75) is 17.9 Å². The first kappa shape index (κ1) is 20.7. The van der Waals surface area contributed by atoms with Gasteiger partial charge in [0.2, 0.25) is 0 Å². The van der Waals surface area contributed by atoms with Crippen LogP contribution in [0.15, 0.2) is 29.2 Å². The molecule has 2 heterocycles. The second-order valence-electron chi connectivity index (χ2n) is 8.19. The van der Waals surface area contributed by atoms with Gasteiger partial charge in [-0.2, -0.15) is 0 Å². The van der Waals surface area contributed by atoms with Crippen LogP contribution in [-0.2, 0) is 9.84 Å². The summed E-state index contributed by atoms with van der Waals surface area (Å²) in [5.41, 5.74) is 1.09. The average molecular weight is 395 g/mol.